The average Bonchev–Trinajstić information content (AvgIpc) is 2.16. The first kappa shape index (κ1) is 11.5. The number of nitrogens with zero attached hydrogens (tertiary/aromatic N) is 1. The molecule has 0 saturated heterocycles. The Hall–Kier alpha value is -1.56. The third-order valence-corrected chi connectivity index (χ3v) is 1.88. The molecule has 0 aliphatic heterocycles. The number of halogens is 2. The van der Waals surface area contributed by atoms with Gasteiger partial charge in [0.1, 0.15) is 5.82 Å². The minimum Gasteiger partial charge on any atom is -0.313 e. The molecule has 0 spiro atoms. The molecule has 0 heterocycles. The maximum Gasteiger partial charge on any atom is 0.305 e. The van der Waals surface area contributed by atoms with E-state index < -0.39 is 22.2 Å². The van der Waals surface area contributed by atoms with E-state index in [1.165, 1.54) is 0 Å². The lowest BCUT2D eigenvalue weighted by Crippen LogP contribution is -2.13. The first-order valence-electron chi connectivity index (χ1n) is 4.39. The molecule has 0 aliphatic rings. The van der Waals surface area contributed by atoms with Gasteiger partial charge in [0.15, 0.2) is 0 Å². The van der Waals surface area contributed by atoms with Crippen LogP contribution in [0.1, 0.15) is 12.5 Å². The fraction of sp³-hybridized carbons (Fsp3) is 0.333. The second kappa shape index (κ2) is 4.79. The Morgan fingerprint density at radius 3 is 2.60 bits per heavy atom. The second-order valence-corrected chi connectivity index (χ2v) is 2.93. The second-order valence-electron chi connectivity index (χ2n) is 2.93. The summed E-state index contributed by atoms with van der Waals surface area (Å²) in [6, 6.07) is 1.44. The van der Waals surface area contributed by atoms with Gasteiger partial charge in [-0.1, -0.05) is 6.92 Å². The fourth-order valence-corrected chi connectivity index (χ4v) is 1.12. The van der Waals surface area contributed by atoms with Crippen LogP contribution >= 0.6 is 0 Å². The third-order valence-electron chi connectivity index (χ3n) is 1.88. The van der Waals surface area contributed by atoms with Crippen LogP contribution in [0.5, 0.6) is 0 Å². The predicted octanol–water partition coefficient (Wildman–Crippen LogP) is 1.98. The van der Waals surface area contributed by atoms with Crippen LogP contribution in [0.2, 0.25) is 0 Å². The van der Waals surface area contributed by atoms with Crippen molar-refractivity contribution in [3.8, 4) is 0 Å². The van der Waals surface area contributed by atoms with Crippen LogP contribution in [0.15, 0.2) is 12.1 Å². The summed E-state index contributed by atoms with van der Waals surface area (Å²) in [7, 11) is 0. The first-order chi connectivity index (χ1) is 7.06. The zero-order valence-corrected chi connectivity index (χ0v) is 8.09. The van der Waals surface area contributed by atoms with Gasteiger partial charge in [0, 0.05) is 24.2 Å². The molecule has 0 aromatic heterocycles. The van der Waals surface area contributed by atoms with E-state index in [0.29, 0.717) is 12.6 Å². The van der Waals surface area contributed by atoms with E-state index >= 15 is 0 Å². The third kappa shape index (κ3) is 2.69. The lowest BCUT2D eigenvalue weighted by atomic mass is 10.2. The van der Waals surface area contributed by atoms with Crippen molar-refractivity contribution in [2.24, 2.45) is 0 Å². The van der Waals surface area contributed by atoms with Crippen LogP contribution in [-0.4, -0.2) is 11.5 Å². The first-order valence-corrected chi connectivity index (χ1v) is 4.39. The Balaban J connectivity index is 3.06. The van der Waals surface area contributed by atoms with Gasteiger partial charge in [-0.05, 0) is 6.54 Å². The molecule has 1 rings (SSSR count). The van der Waals surface area contributed by atoms with Gasteiger partial charge in [-0.15, -0.1) is 0 Å². The zero-order valence-electron chi connectivity index (χ0n) is 8.09. The van der Waals surface area contributed by atoms with E-state index in [4.69, 9.17) is 0 Å². The van der Waals surface area contributed by atoms with Crippen LogP contribution in [0, 0.1) is 21.7 Å². The topological polar surface area (TPSA) is 55.2 Å². The summed E-state index contributed by atoms with van der Waals surface area (Å²) in [5.74, 6) is -1.93. The monoisotopic (exact) mass is 216 g/mol. The van der Waals surface area contributed by atoms with E-state index in [9.17, 15) is 18.9 Å². The van der Waals surface area contributed by atoms with Gasteiger partial charge in [-0.2, -0.15) is 4.39 Å². The smallest absolute Gasteiger partial charge is 0.305 e. The molecule has 0 saturated carbocycles. The summed E-state index contributed by atoms with van der Waals surface area (Å²) in [5, 5.41) is 13.2. The maximum absolute atomic E-state index is 13.1. The SMILES string of the molecule is CCNCc1cc([N+](=O)[O-])c(F)cc1F. The molecule has 0 fully saturated rings. The molecule has 6 heteroatoms. The van der Waals surface area contributed by atoms with Crippen molar-refractivity contribution >= 4 is 5.69 Å². The van der Waals surface area contributed by atoms with Gasteiger partial charge < -0.3 is 5.32 Å². The van der Waals surface area contributed by atoms with Crippen molar-refractivity contribution in [3.05, 3.63) is 39.4 Å². The summed E-state index contributed by atoms with van der Waals surface area (Å²) in [6.07, 6.45) is 0. The highest BCUT2D eigenvalue weighted by Gasteiger charge is 2.17. The van der Waals surface area contributed by atoms with Crippen molar-refractivity contribution in [1.29, 1.82) is 0 Å². The number of hydrogen-bond acceptors (Lipinski definition) is 3. The lowest BCUT2D eigenvalue weighted by Gasteiger charge is -2.04. The van der Waals surface area contributed by atoms with E-state index in [-0.39, 0.29) is 12.1 Å². The van der Waals surface area contributed by atoms with Crippen molar-refractivity contribution in [2.75, 3.05) is 6.54 Å². The number of benzene rings is 1. The lowest BCUT2D eigenvalue weighted by molar-refractivity contribution is -0.387. The normalized spacial score (nSPS) is 10.3. The molecular formula is C9H10F2N2O2. The van der Waals surface area contributed by atoms with Crippen molar-refractivity contribution in [1.82, 2.24) is 5.32 Å². The minimum absolute atomic E-state index is 0.0879. The van der Waals surface area contributed by atoms with Gasteiger partial charge in [-0.25, -0.2) is 4.39 Å². The summed E-state index contributed by atoms with van der Waals surface area (Å²) >= 11 is 0. The number of nitrogens with one attached hydrogen (secondary N) is 1. The zero-order chi connectivity index (χ0) is 11.4. The summed E-state index contributed by atoms with van der Waals surface area (Å²) in [6.45, 7) is 2.56. The Morgan fingerprint density at radius 1 is 1.40 bits per heavy atom. The van der Waals surface area contributed by atoms with Gasteiger partial charge in [0.2, 0.25) is 5.82 Å². The number of nitro groups is 1. The van der Waals surface area contributed by atoms with Gasteiger partial charge in [-0.3, -0.25) is 10.1 Å². The molecule has 0 unspecified atom stereocenters. The molecule has 0 bridgehead atoms. The van der Waals surface area contributed by atoms with Crippen molar-refractivity contribution < 1.29 is 13.7 Å². The largest absolute Gasteiger partial charge is 0.313 e. The van der Waals surface area contributed by atoms with E-state index in [1.807, 2.05) is 6.92 Å². The molecular weight excluding hydrogens is 206 g/mol. The van der Waals surface area contributed by atoms with Crippen molar-refractivity contribution in [3.63, 3.8) is 0 Å². The molecule has 82 valence electrons. The molecule has 0 amide bonds. The van der Waals surface area contributed by atoms with Crippen LogP contribution in [0.3, 0.4) is 0 Å². The highest BCUT2D eigenvalue weighted by atomic mass is 19.1. The Morgan fingerprint density at radius 2 is 2.07 bits per heavy atom. The minimum atomic E-state index is -1.15. The molecule has 4 nitrogen and oxygen atoms in total. The van der Waals surface area contributed by atoms with Crippen LogP contribution in [0.25, 0.3) is 0 Å². The average molecular weight is 216 g/mol. The predicted molar refractivity (Wildman–Crippen MR) is 50.4 cm³/mol. The van der Waals surface area contributed by atoms with Gasteiger partial charge in [0.05, 0.1) is 4.92 Å². The summed E-state index contributed by atoms with van der Waals surface area (Å²) < 4.78 is 26.0. The molecule has 1 aromatic carbocycles. The molecule has 0 aliphatic carbocycles. The molecule has 0 radical (unpaired) electrons. The van der Waals surface area contributed by atoms with Crippen LogP contribution in [-0.2, 0) is 6.54 Å². The summed E-state index contributed by atoms with van der Waals surface area (Å²) in [5.41, 5.74) is -0.616. The standard InChI is InChI=1S/C9H10F2N2O2/c1-2-12-5-6-3-9(13(14)15)8(11)4-7(6)10/h3-4,12H,2,5H2,1H3. The highest BCUT2D eigenvalue weighted by molar-refractivity contribution is 5.37. The Kier molecular flexibility index (Phi) is 3.68. The van der Waals surface area contributed by atoms with Crippen molar-refractivity contribution in [2.45, 2.75) is 13.5 Å². The molecule has 1 N–H and O–H groups in total. The van der Waals surface area contributed by atoms with Gasteiger partial charge >= 0.3 is 5.69 Å². The molecule has 15 heavy (non-hydrogen) atoms. The Labute approximate surface area is 85.1 Å². The Bertz CT molecular complexity index is 383. The quantitative estimate of drug-likeness (QED) is 0.618. The number of hydrogen-bond donors (Lipinski definition) is 1. The number of rotatable bonds is 4. The van der Waals surface area contributed by atoms with E-state index in [1.54, 1.807) is 0 Å². The van der Waals surface area contributed by atoms with Gasteiger partial charge in [0.25, 0.3) is 0 Å². The number of nitro benzene ring substituents is 1. The maximum atomic E-state index is 13.1. The van der Waals surface area contributed by atoms with Crippen LogP contribution in [0.4, 0.5) is 14.5 Å². The van der Waals surface area contributed by atoms with Crippen LogP contribution < -0.4 is 5.32 Å². The molecule has 0 atom stereocenters. The molecule has 1 aromatic rings. The summed E-state index contributed by atoms with van der Waals surface area (Å²) in [4.78, 5) is 9.51. The van der Waals surface area contributed by atoms with E-state index in [0.717, 1.165) is 6.07 Å². The fourth-order valence-electron chi connectivity index (χ4n) is 1.12. The van der Waals surface area contributed by atoms with E-state index in [2.05, 4.69) is 5.32 Å². The highest BCUT2D eigenvalue weighted by Crippen LogP contribution is 2.21.